The van der Waals surface area contributed by atoms with Gasteiger partial charge in [0.25, 0.3) is 0 Å². The van der Waals surface area contributed by atoms with Gasteiger partial charge in [0, 0.05) is 48.2 Å². The van der Waals surface area contributed by atoms with Crippen molar-refractivity contribution in [3.63, 3.8) is 0 Å². The Morgan fingerprint density at radius 3 is 2.72 bits per heavy atom. The summed E-state index contributed by atoms with van der Waals surface area (Å²) in [5, 5.41) is 4.51. The van der Waals surface area contributed by atoms with Crippen LogP contribution in [0.25, 0.3) is 11.1 Å². The van der Waals surface area contributed by atoms with Crippen LogP contribution in [0.2, 0.25) is 0 Å². The van der Waals surface area contributed by atoms with Crippen LogP contribution in [0.1, 0.15) is 37.6 Å². The highest BCUT2D eigenvalue weighted by Crippen LogP contribution is 2.32. The molecule has 3 rings (SSSR count). The first-order chi connectivity index (χ1) is 12.0. The van der Waals surface area contributed by atoms with Crippen molar-refractivity contribution < 1.29 is 9.53 Å². The maximum atomic E-state index is 11.8. The van der Waals surface area contributed by atoms with E-state index in [4.69, 9.17) is 4.74 Å². The number of rotatable bonds is 6. The van der Waals surface area contributed by atoms with Crippen LogP contribution in [-0.4, -0.2) is 41.9 Å². The van der Waals surface area contributed by atoms with Crippen LogP contribution in [0.3, 0.4) is 0 Å². The summed E-state index contributed by atoms with van der Waals surface area (Å²) in [6.45, 7) is 10.2. The quantitative estimate of drug-likeness (QED) is 0.753. The van der Waals surface area contributed by atoms with Crippen molar-refractivity contribution in [3.05, 3.63) is 36.2 Å². The molecule has 0 amide bonds. The summed E-state index contributed by atoms with van der Waals surface area (Å²) in [5.41, 5.74) is 4.03. The van der Waals surface area contributed by atoms with E-state index in [2.05, 4.69) is 36.1 Å². The number of ether oxygens (including phenoxy) is 1. The summed E-state index contributed by atoms with van der Waals surface area (Å²) in [5.74, 6) is 0.736. The number of nitrogens with zero attached hydrogens (tertiary/aromatic N) is 3. The molecular weight excluding hydrogens is 314 g/mol. The van der Waals surface area contributed by atoms with E-state index in [0.717, 1.165) is 61.6 Å². The first kappa shape index (κ1) is 17.7. The molecule has 0 saturated carbocycles. The molecule has 1 saturated heterocycles. The van der Waals surface area contributed by atoms with Gasteiger partial charge in [0.2, 0.25) is 0 Å². The fraction of sp³-hybridized carbons (Fsp3) is 0.500. The van der Waals surface area contributed by atoms with Gasteiger partial charge in [-0.1, -0.05) is 13.8 Å². The molecule has 0 N–H and O–H groups in total. The molecule has 0 aliphatic carbocycles. The number of anilines is 1. The minimum Gasteiger partial charge on any atom is -0.378 e. The van der Waals surface area contributed by atoms with Gasteiger partial charge in [0.15, 0.2) is 5.78 Å². The molecule has 1 aliphatic heterocycles. The number of hydrogen-bond acceptors (Lipinski definition) is 4. The fourth-order valence-corrected chi connectivity index (χ4v) is 3.08. The number of ketones is 1. The largest absolute Gasteiger partial charge is 0.378 e. The van der Waals surface area contributed by atoms with Crippen molar-refractivity contribution in [2.75, 3.05) is 31.2 Å². The summed E-state index contributed by atoms with van der Waals surface area (Å²) >= 11 is 0. The number of carbonyl (C=O) groups excluding carboxylic acids is 1. The van der Waals surface area contributed by atoms with Crippen molar-refractivity contribution >= 4 is 11.5 Å². The van der Waals surface area contributed by atoms with Gasteiger partial charge in [-0.2, -0.15) is 5.10 Å². The Kier molecular flexibility index (Phi) is 5.53. The van der Waals surface area contributed by atoms with Crippen LogP contribution in [0.15, 0.2) is 30.6 Å². The molecule has 1 aliphatic rings. The SMILES string of the molecule is CC(=O)c1ccc(N2CCOCC2)c(-c2cnn(CCC(C)C)c2)c1. The van der Waals surface area contributed by atoms with Crippen molar-refractivity contribution in [2.45, 2.75) is 33.7 Å². The summed E-state index contributed by atoms with van der Waals surface area (Å²) in [6, 6.07) is 5.97. The van der Waals surface area contributed by atoms with E-state index < -0.39 is 0 Å². The van der Waals surface area contributed by atoms with Crippen molar-refractivity contribution in [1.82, 2.24) is 9.78 Å². The number of aryl methyl sites for hydroxylation is 1. The van der Waals surface area contributed by atoms with E-state index >= 15 is 0 Å². The molecule has 0 unspecified atom stereocenters. The number of hydrogen-bond donors (Lipinski definition) is 0. The van der Waals surface area contributed by atoms with Crippen molar-refractivity contribution in [1.29, 1.82) is 0 Å². The lowest BCUT2D eigenvalue weighted by atomic mass is 10.0. The third kappa shape index (κ3) is 4.28. The van der Waals surface area contributed by atoms with E-state index in [1.54, 1.807) is 6.92 Å². The molecule has 134 valence electrons. The van der Waals surface area contributed by atoms with E-state index in [9.17, 15) is 4.79 Å². The monoisotopic (exact) mass is 341 g/mol. The van der Waals surface area contributed by atoms with Crippen LogP contribution in [0, 0.1) is 5.92 Å². The first-order valence-corrected chi connectivity index (χ1v) is 9.05. The van der Waals surface area contributed by atoms with E-state index in [1.807, 2.05) is 23.0 Å². The number of morpholine rings is 1. The number of aromatic nitrogens is 2. The smallest absolute Gasteiger partial charge is 0.159 e. The lowest BCUT2D eigenvalue weighted by molar-refractivity contribution is 0.101. The maximum Gasteiger partial charge on any atom is 0.159 e. The van der Waals surface area contributed by atoms with Gasteiger partial charge in [0.05, 0.1) is 19.4 Å². The molecule has 0 atom stereocenters. The first-order valence-electron chi connectivity index (χ1n) is 9.05. The summed E-state index contributed by atoms with van der Waals surface area (Å²) in [6.07, 6.45) is 5.10. The van der Waals surface area contributed by atoms with E-state index in [0.29, 0.717) is 5.92 Å². The highest BCUT2D eigenvalue weighted by atomic mass is 16.5. The Labute approximate surface area is 149 Å². The van der Waals surface area contributed by atoms with E-state index in [-0.39, 0.29) is 5.78 Å². The summed E-state index contributed by atoms with van der Waals surface area (Å²) < 4.78 is 7.47. The molecule has 1 aromatic heterocycles. The second-order valence-corrected chi connectivity index (χ2v) is 7.06. The molecule has 2 heterocycles. The Morgan fingerprint density at radius 1 is 1.28 bits per heavy atom. The molecular formula is C20H27N3O2. The minimum absolute atomic E-state index is 0.0852. The van der Waals surface area contributed by atoms with Gasteiger partial charge in [-0.25, -0.2) is 0 Å². The number of Topliss-reactive ketones (excluding diaryl/α,β-unsaturated/α-hetero) is 1. The second-order valence-electron chi connectivity index (χ2n) is 7.06. The number of carbonyl (C=O) groups is 1. The Hall–Kier alpha value is -2.14. The topological polar surface area (TPSA) is 47.4 Å². The van der Waals surface area contributed by atoms with Gasteiger partial charge in [-0.3, -0.25) is 9.48 Å². The molecule has 0 radical (unpaired) electrons. The van der Waals surface area contributed by atoms with Gasteiger partial charge >= 0.3 is 0 Å². The van der Waals surface area contributed by atoms with Gasteiger partial charge in [-0.05, 0) is 37.5 Å². The average molecular weight is 341 g/mol. The molecule has 0 bridgehead atoms. The summed E-state index contributed by atoms with van der Waals surface area (Å²) in [7, 11) is 0. The van der Waals surface area contributed by atoms with Gasteiger partial charge < -0.3 is 9.64 Å². The molecule has 25 heavy (non-hydrogen) atoms. The zero-order valence-corrected chi connectivity index (χ0v) is 15.4. The molecule has 0 spiro atoms. The predicted molar refractivity (Wildman–Crippen MR) is 100 cm³/mol. The second kappa shape index (κ2) is 7.83. The van der Waals surface area contributed by atoms with Gasteiger partial charge in [0.1, 0.15) is 0 Å². The Balaban J connectivity index is 1.94. The van der Waals surface area contributed by atoms with Crippen molar-refractivity contribution in [2.24, 2.45) is 5.92 Å². The molecule has 5 nitrogen and oxygen atoms in total. The average Bonchev–Trinajstić information content (AvgIpc) is 3.09. The summed E-state index contributed by atoms with van der Waals surface area (Å²) in [4.78, 5) is 14.2. The van der Waals surface area contributed by atoms with E-state index in [1.165, 1.54) is 0 Å². The third-order valence-corrected chi connectivity index (χ3v) is 4.63. The minimum atomic E-state index is 0.0852. The van der Waals surface area contributed by atoms with Crippen molar-refractivity contribution in [3.8, 4) is 11.1 Å². The Bertz CT molecular complexity index is 730. The highest BCUT2D eigenvalue weighted by molar-refractivity contribution is 5.97. The van der Waals surface area contributed by atoms with Crippen LogP contribution < -0.4 is 4.90 Å². The fourth-order valence-electron chi connectivity index (χ4n) is 3.08. The zero-order valence-electron chi connectivity index (χ0n) is 15.4. The molecule has 2 aromatic rings. The lowest BCUT2D eigenvalue weighted by Gasteiger charge is -2.30. The zero-order chi connectivity index (χ0) is 17.8. The van der Waals surface area contributed by atoms with Crippen LogP contribution >= 0.6 is 0 Å². The molecule has 1 aromatic carbocycles. The van der Waals surface area contributed by atoms with Gasteiger partial charge in [-0.15, -0.1) is 0 Å². The Morgan fingerprint density at radius 2 is 2.04 bits per heavy atom. The van der Waals surface area contributed by atoms with Crippen LogP contribution in [0.5, 0.6) is 0 Å². The third-order valence-electron chi connectivity index (χ3n) is 4.63. The normalized spacial score (nSPS) is 15.0. The predicted octanol–water partition coefficient (Wildman–Crippen LogP) is 3.64. The molecule has 5 heteroatoms. The van der Waals surface area contributed by atoms with Crippen LogP contribution in [0.4, 0.5) is 5.69 Å². The maximum absolute atomic E-state index is 11.8. The molecule has 1 fully saturated rings. The van der Waals surface area contributed by atoms with Crippen LogP contribution in [-0.2, 0) is 11.3 Å². The number of benzene rings is 1. The highest BCUT2D eigenvalue weighted by Gasteiger charge is 2.18. The lowest BCUT2D eigenvalue weighted by Crippen LogP contribution is -2.36. The standard InChI is InChI=1S/C20H27N3O2/c1-15(2)6-7-23-14-18(13-21-23)19-12-17(16(3)24)4-5-20(19)22-8-10-25-11-9-22/h4-5,12-15H,6-11H2,1-3H3.